The average Bonchev–Trinajstić information content (AvgIpc) is 2.33. The number of aromatic hydroxyl groups is 1. The molecule has 0 radical (unpaired) electrons. The van der Waals surface area contributed by atoms with Gasteiger partial charge in [0.1, 0.15) is 11.8 Å². The van der Waals surface area contributed by atoms with Crippen LogP contribution in [0.3, 0.4) is 0 Å². The van der Waals surface area contributed by atoms with E-state index in [2.05, 4.69) is 0 Å². The lowest BCUT2D eigenvalue weighted by Gasteiger charge is -2.31. The van der Waals surface area contributed by atoms with Crippen molar-refractivity contribution in [2.45, 2.75) is 70.5 Å². The van der Waals surface area contributed by atoms with Crippen LogP contribution in [0, 0.1) is 0 Å². The van der Waals surface area contributed by atoms with Crippen LogP contribution >= 0.6 is 12.4 Å². The zero-order valence-corrected chi connectivity index (χ0v) is 15.9. The summed E-state index contributed by atoms with van der Waals surface area (Å²) in [6.45, 7) is 10.4. The second-order valence-electron chi connectivity index (χ2n) is 8.06. The van der Waals surface area contributed by atoms with E-state index in [1.54, 1.807) is 41.5 Å². The maximum atomic E-state index is 13.7. The number of alkyl halides is 5. The summed E-state index contributed by atoms with van der Waals surface area (Å²) in [6.07, 6.45) is -5.76. The zero-order chi connectivity index (χ0) is 19.3. The molecule has 0 aromatic heterocycles. The van der Waals surface area contributed by atoms with E-state index in [4.69, 9.17) is 5.73 Å². The third-order valence-corrected chi connectivity index (χ3v) is 3.88. The topological polar surface area (TPSA) is 46.2 Å². The van der Waals surface area contributed by atoms with Gasteiger partial charge in [-0.15, -0.1) is 12.4 Å². The van der Waals surface area contributed by atoms with Gasteiger partial charge in [0.25, 0.3) is 0 Å². The van der Waals surface area contributed by atoms with E-state index in [1.165, 1.54) is 0 Å². The van der Waals surface area contributed by atoms with Crippen LogP contribution in [-0.2, 0) is 10.8 Å². The molecule has 25 heavy (non-hydrogen) atoms. The number of rotatable bonds is 2. The SMILES string of the molecule is CC(C)(C)c1cc([C@H](N)C(F)(F)C(F)(F)F)cc(C(C)(C)C)c1O.Cl. The van der Waals surface area contributed by atoms with Crippen LogP contribution in [0.4, 0.5) is 22.0 Å². The molecule has 146 valence electrons. The summed E-state index contributed by atoms with van der Waals surface area (Å²) in [5.41, 5.74) is 4.16. The van der Waals surface area contributed by atoms with Gasteiger partial charge in [-0.2, -0.15) is 22.0 Å². The highest BCUT2D eigenvalue weighted by Gasteiger charge is 2.61. The van der Waals surface area contributed by atoms with Crippen LogP contribution in [0.15, 0.2) is 12.1 Å². The monoisotopic (exact) mass is 389 g/mol. The lowest BCUT2D eigenvalue weighted by Crippen LogP contribution is -2.46. The number of nitrogens with two attached hydrogens (primary N) is 1. The summed E-state index contributed by atoms with van der Waals surface area (Å²) < 4.78 is 65.2. The van der Waals surface area contributed by atoms with Gasteiger partial charge in [-0.1, -0.05) is 41.5 Å². The molecule has 1 aromatic carbocycles. The van der Waals surface area contributed by atoms with Gasteiger partial charge >= 0.3 is 12.1 Å². The van der Waals surface area contributed by atoms with Gasteiger partial charge in [0, 0.05) is 0 Å². The molecule has 1 aromatic rings. The van der Waals surface area contributed by atoms with Crippen molar-refractivity contribution in [2.75, 3.05) is 0 Å². The molecule has 0 heterocycles. The molecule has 0 saturated carbocycles. The fourth-order valence-electron chi connectivity index (χ4n) is 2.37. The molecule has 8 heteroatoms. The molecule has 1 rings (SSSR count). The second kappa shape index (κ2) is 6.91. The van der Waals surface area contributed by atoms with Gasteiger partial charge in [-0.25, -0.2) is 0 Å². The number of halogens is 6. The molecule has 1 atom stereocenters. The summed E-state index contributed by atoms with van der Waals surface area (Å²) in [7, 11) is 0. The quantitative estimate of drug-likeness (QED) is 0.646. The van der Waals surface area contributed by atoms with Crippen LogP contribution in [0.1, 0.15) is 64.3 Å². The van der Waals surface area contributed by atoms with E-state index < -0.39 is 29.0 Å². The highest BCUT2D eigenvalue weighted by Crippen LogP contribution is 2.46. The molecule has 0 aliphatic heterocycles. The summed E-state index contributed by atoms with van der Waals surface area (Å²) in [6, 6.07) is -0.288. The molecule has 0 aliphatic carbocycles. The first kappa shape index (κ1) is 23.9. The summed E-state index contributed by atoms with van der Waals surface area (Å²) >= 11 is 0. The highest BCUT2D eigenvalue weighted by atomic mass is 35.5. The minimum absolute atomic E-state index is 0. The molecule has 0 fully saturated rings. The largest absolute Gasteiger partial charge is 0.507 e. The number of hydrogen-bond acceptors (Lipinski definition) is 2. The Morgan fingerprint density at radius 1 is 0.840 bits per heavy atom. The number of phenolic OH excluding ortho intramolecular Hbond substituents is 1. The normalized spacial score (nSPS) is 14.9. The highest BCUT2D eigenvalue weighted by molar-refractivity contribution is 5.85. The van der Waals surface area contributed by atoms with Crippen molar-refractivity contribution in [2.24, 2.45) is 5.73 Å². The molecule has 0 amide bonds. The molecule has 0 unspecified atom stereocenters. The van der Waals surface area contributed by atoms with Crippen molar-refractivity contribution in [1.82, 2.24) is 0 Å². The van der Waals surface area contributed by atoms with E-state index >= 15 is 0 Å². The molecule has 2 nitrogen and oxygen atoms in total. The first-order valence-corrected chi connectivity index (χ1v) is 7.48. The van der Waals surface area contributed by atoms with E-state index in [1.807, 2.05) is 0 Å². The molecule has 0 aliphatic rings. The Morgan fingerprint density at radius 3 is 1.40 bits per heavy atom. The lowest BCUT2D eigenvalue weighted by atomic mass is 9.77. The standard InChI is InChI=1S/C17H24F5NO.ClH/c1-14(2,3)10-7-9(8-11(12(10)24)15(4,5)6)13(23)16(18,19)17(20,21)22;/h7-8,13,24H,23H2,1-6H3;1H/t13-;/m0./s1. The second-order valence-corrected chi connectivity index (χ2v) is 8.06. The van der Waals surface area contributed by atoms with Crippen LogP contribution in [0.5, 0.6) is 5.75 Å². The first-order chi connectivity index (χ1) is 10.4. The van der Waals surface area contributed by atoms with Crippen molar-refractivity contribution in [3.8, 4) is 5.75 Å². The maximum absolute atomic E-state index is 13.7. The van der Waals surface area contributed by atoms with Crippen LogP contribution in [0.25, 0.3) is 0 Å². The Morgan fingerprint density at radius 2 is 1.16 bits per heavy atom. The Bertz CT molecular complexity index is 580. The predicted octanol–water partition coefficient (Wildman–Crippen LogP) is 5.61. The van der Waals surface area contributed by atoms with E-state index in [9.17, 15) is 27.1 Å². The van der Waals surface area contributed by atoms with Gasteiger partial charge in [-0.05, 0) is 39.7 Å². The molecule has 0 bridgehead atoms. The first-order valence-electron chi connectivity index (χ1n) is 7.48. The molecular formula is C17H25ClF5NO. The van der Waals surface area contributed by atoms with Crippen molar-refractivity contribution >= 4 is 12.4 Å². The average molecular weight is 390 g/mol. The van der Waals surface area contributed by atoms with Crippen molar-refractivity contribution in [3.05, 3.63) is 28.8 Å². The molecule has 0 saturated heterocycles. The minimum Gasteiger partial charge on any atom is -0.507 e. The maximum Gasteiger partial charge on any atom is 0.455 e. The Balaban J connectivity index is 0.00000576. The van der Waals surface area contributed by atoms with Crippen molar-refractivity contribution < 1.29 is 27.1 Å². The summed E-state index contributed by atoms with van der Waals surface area (Å²) in [5.74, 6) is -5.19. The molecule has 0 spiro atoms. The Labute approximate surface area is 151 Å². The van der Waals surface area contributed by atoms with Gasteiger partial charge in [0.15, 0.2) is 0 Å². The smallest absolute Gasteiger partial charge is 0.455 e. The van der Waals surface area contributed by atoms with Crippen LogP contribution < -0.4 is 5.73 Å². The summed E-state index contributed by atoms with van der Waals surface area (Å²) in [5, 5.41) is 10.5. The van der Waals surface area contributed by atoms with Gasteiger partial charge in [0.2, 0.25) is 0 Å². The lowest BCUT2D eigenvalue weighted by molar-refractivity contribution is -0.291. The zero-order valence-electron chi connectivity index (χ0n) is 15.1. The van der Waals surface area contributed by atoms with E-state index in [-0.39, 0.29) is 34.8 Å². The van der Waals surface area contributed by atoms with Crippen LogP contribution in [0.2, 0.25) is 0 Å². The Hall–Kier alpha value is -1.08. The third-order valence-electron chi connectivity index (χ3n) is 3.88. The Kier molecular flexibility index (Phi) is 6.61. The molecular weight excluding hydrogens is 365 g/mol. The fraction of sp³-hybridized carbons (Fsp3) is 0.647. The predicted molar refractivity (Wildman–Crippen MR) is 90.7 cm³/mol. The van der Waals surface area contributed by atoms with Crippen LogP contribution in [-0.4, -0.2) is 17.2 Å². The van der Waals surface area contributed by atoms with Gasteiger partial charge in [0.05, 0.1) is 0 Å². The summed E-state index contributed by atoms with van der Waals surface area (Å²) in [4.78, 5) is 0. The van der Waals surface area contributed by atoms with Gasteiger partial charge in [-0.3, -0.25) is 0 Å². The number of phenols is 1. The van der Waals surface area contributed by atoms with Crippen molar-refractivity contribution in [3.63, 3.8) is 0 Å². The third kappa shape index (κ3) is 4.76. The minimum atomic E-state index is -5.76. The number of hydrogen-bond donors (Lipinski definition) is 2. The van der Waals surface area contributed by atoms with E-state index in [0.29, 0.717) is 0 Å². The fourth-order valence-corrected chi connectivity index (χ4v) is 2.37. The number of benzene rings is 1. The molecule has 3 N–H and O–H groups in total. The van der Waals surface area contributed by atoms with E-state index in [0.717, 1.165) is 12.1 Å². The van der Waals surface area contributed by atoms with Crippen molar-refractivity contribution in [1.29, 1.82) is 0 Å². The van der Waals surface area contributed by atoms with Gasteiger partial charge < -0.3 is 10.8 Å².